The molecule has 0 unspecified atom stereocenters. The molecule has 1 rings (SSSR count). The predicted octanol–water partition coefficient (Wildman–Crippen LogP) is 2.45. The Labute approximate surface area is 97.2 Å². The average molecular weight is 220 g/mol. The second-order valence-electron chi connectivity index (χ2n) is 3.96. The van der Waals surface area contributed by atoms with Crippen molar-refractivity contribution in [2.75, 3.05) is 18.8 Å². The molecular weight excluding hydrogens is 200 g/mol. The second-order valence-corrected chi connectivity index (χ2v) is 3.96. The standard InChI is InChI=1S/C13H20N2O/c1-4-8-15(5-2)13(16)11-7-6-10(3)12(14)9-11/h6-7,9H,4-5,8,14H2,1-3H3. The molecule has 1 aromatic rings. The van der Waals surface area contributed by atoms with Gasteiger partial charge in [0, 0.05) is 24.3 Å². The van der Waals surface area contributed by atoms with Gasteiger partial charge in [-0.1, -0.05) is 13.0 Å². The molecule has 0 saturated carbocycles. The number of amides is 1. The molecule has 0 bridgehead atoms. The molecule has 0 spiro atoms. The highest BCUT2D eigenvalue weighted by atomic mass is 16.2. The smallest absolute Gasteiger partial charge is 0.253 e. The molecule has 0 saturated heterocycles. The van der Waals surface area contributed by atoms with E-state index in [1.54, 1.807) is 6.07 Å². The Morgan fingerprint density at radius 1 is 1.38 bits per heavy atom. The molecule has 0 heterocycles. The fraction of sp³-hybridized carbons (Fsp3) is 0.462. The molecule has 16 heavy (non-hydrogen) atoms. The highest BCUT2D eigenvalue weighted by Gasteiger charge is 2.13. The van der Waals surface area contributed by atoms with Crippen molar-refractivity contribution in [3.05, 3.63) is 29.3 Å². The van der Waals surface area contributed by atoms with Crippen LogP contribution in [0.25, 0.3) is 0 Å². The largest absolute Gasteiger partial charge is 0.398 e. The Bertz CT molecular complexity index is 374. The first-order chi connectivity index (χ1) is 7.60. The van der Waals surface area contributed by atoms with E-state index in [0.717, 1.165) is 25.1 Å². The van der Waals surface area contributed by atoms with E-state index in [0.29, 0.717) is 11.3 Å². The van der Waals surface area contributed by atoms with E-state index in [4.69, 9.17) is 5.73 Å². The zero-order valence-electron chi connectivity index (χ0n) is 10.3. The van der Waals surface area contributed by atoms with Crippen LogP contribution in [-0.2, 0) is 0 Å². The maximum atomic E-state index is 12.1. The van der Waals surface area contributed by atoms with Gasteiger partial charge in [-0.15, -0.1) is 0 Å². The minimum Gasteiger partial charge on any atom is -0.398 e. The Hall–Kier alpha value is -1.51. The number of hydrogen-bond donors (Lipinski definition) is 1. The topological polar surface area (TPSA) is 46.3 Å². The number of carbonyl (C=O) groups excluding carboxylic acids is 1. The lowest BCUT2D eigenvalue weighted by Crippen LogP contribution is -2.31. The van der Waals surface area contributed by atoms with E-state index in [2.05, 4.69) is 6.92 Å². The van der Waals surface area contributed by atoms with Crippen molar-refractivity contribution in [1.82, 2.24) is 4.90 Å². The third-order valence-electron chi connectivity index (χ3n) is 2.69. The van der Waals surface area contributed by atoms with Crippen LogP contribution in [0.4, 0.5) is 5.69 Å². The van der Waals surface area contributed by atoms with E-state index >= 15 is 0 Å². The number of nitrogens with two attached hydrogens (primary N) is 1. The van der Waals surface area contributed by atoms with E-state index in [1.165, 1.54) is 0 Å². The van der Waals surface area contributed by atoms with Crippen molar-refractivity contribution >= 4 is 11.6 Å². The van der Waals surface area contributed by atoms with Crippen molar-refractivity contribution in [3.63, 3.8) is 0 Å². The SMILES string of the molecule is CCCN(CC)C(=O)c1ccc(C)c(N)c1. The van der Waals surface area contributed by atoms with Crippen molar-refractivity contribution < 1.29 is 4.79 Å². The molecule has 0 fully saturated rings. The first-order valence-electron chi connectivity index (χ1n) is 5.75. The van der Waals surface area contributed by atoms with Crippen molar-refractivity contribution in [3.8, 4) is 0 Å². The summed E-state index contributed by atoms with van der Waals surface area (Å²) in [6.45, 7) is 7.53. The summed E-state index contributed by atoms with van der Waals surface area (Å²) in [6.07, 6.45) is 0.973. The van der Waals surface area contributed by atoms with Crippen LogP contribution in [0.15, 0.2) is 18.2 Å². The Morgan fingerprint density at radius 2 is 2.06 bits per heavy atom. The normalized spacial score (nSPS) is 10.2. The molecule has 1 amide bonds. The monoisotopic (exact) mass is 220 g/mol. The predicted molar refractivity (Wildman–Crippen MR) is 67.5 cm³/mol. The first kappa shape index (κ1) is 12.6. The van der Waals surface area contributed by atoms with Gasteiger partial charge in [-0.05, 0) is 38.0 Å². The van der Waals surface area contributed by atoms with Crippen LogP contribution >= 0.6 is 0 Å². The van der Waals surface area contributed by atoms with Crippen LogP contribution in [0.2, 0.25) is 0 Å². The van der Waals surface area contributed by atoms with Crippen LogP contribution in [0, 0.1) is 6.92 Å². The van der Waals surface area contributed by atoms with Gasteiger partial charge in [0.1, 0.15) is 0 Å². The first-order valence-corrected chi connectivity index (χ1v) is 5.75. The summed E-state index contributed by atoms with van der Waals surface area (Å²) >= 11 is 0. The minimum absolute atomic E-state index is 0.0658. The van der Waals surface area contributed by atoms with Crippen LogP contribution in [0.5, 0.6) is 0 Å². The summed E-state index contributed by atoms with van der Waals surface area (Å²) in [6, 6.07) is 5.49. The summed E-state index contributed by atoms with van der Waals surface area (Å²) in [7, 11) is 0. The molecule has 0 atom stereocenters. The fourth-order valence-electron chi connectivity index (χ4n) is 1.63. The Balaban J connectivity index is 2.90. The quantitative estimate of drug-likeness (QED) is 0.792. The number of nitrogens with zero attached hydrogens (tertiary/aromatic N) is 1. The van der Waals surface area contributed by atoms with Gasteiger partial charge in [0.2, 0.25) is 0 Å². The lowest BCUT2D eigenvalue weighted by atomic mass is 10.1. The van der Waals surface area contributed by atoms with E-state index in [9.17, 15) is 4.79 Å². The van der Waals surface area contributed by atoms with Gasteiger partial charge in [-0.3, -0.25) is 4.79 Å². The van der Waals surface area contributed by atoms with Gasteiger partial charge in [0.05, 0.1) is 0 Å². The summed E-state index contributed by atoms with van der Waals surface area (Å²) in [5.74, 6) is 0.0658. The lowest BCUT2D eigenvalue weighted by molar-refractivity contribution is 0.0764. The van der Waals surface area contributed by atoms with Crippen LogP contribution in [0.3, 0.4) is 0 Å². The number of nitrogen functional groups attached to an aromatic ring is 1. The molecule has 0 aromatic heterocycles. The maximum absolute atomic E-state index is 12.1. The number of rotatable bonds is 4. The molecule has 3 heteroatoms. The minimum atomic E-state index is 0.0658. The summed E-state index contributed by atoms with van der Waals surface area (Å²) in [5.41, 5.74) is 8.17. The molecular formula is C13H20N2O. The van der Waals surface area contributed by atoms with Gasteiger partial charge in [0.15, 0.2) is 0 Å². The van der Waals surface area contributed by atoms with Gasteiger partial charge >= 0.3 is 0 Å². The molecule has 2 N–H and O–H groups in total. The highest BCUT2D eigenvalue weighted by Crippen LogP contribution is 2.14. The Morgan fingerprint density at radius 3 is 2.56 bits per heavy atom. The summed E-state index contributed by atoms with van der Waals surface area (Å²) in [4.78, 5) is 13.9. The molecule has 3 nitrogen and oxygen atoms in total. The number of aryl methyl sites for hydroxylation is 1. The number of anilines is 1. The van der Waals surface area contributed by atoms with Crippen molar-refractivity contribution in [2.24, 2.45) is 0 Å². The highest BCUT2D eigenvalue weighted by molar-refractivity contribution is 5.95. The molecule has 0 radical (unpaired) electrons. The molecule has 88 valence electrons. The van der Waals surface area contributed by atoms with Gasteiger partial charge in [-0.2, -0.15) is 0 Å². The summed E-state index contributed by atoms with van der Waals surface area (Å²) < 4.78 is 0. The average Bonchev–Trinajstić information content (AvgIpc) is 2.28. The molecule has 0 aliphatic heterocycles. The van der Waals surface area contributed by atoms with Crippen LogP contribution < -0.4 is 5.73 Å². The maximum Gasteiger partial charge on any atom is 0.253 e. The Kier molecular flexibility index (Phi) is 4.35. The number of hydrogen-bond acceptors (Lipinski definition) is 2. The zero-order chi connectivity index (χ0) is 12.1. The van der Waals surface area contributed by atoms with Crippen LogP contribution in [-0.4, -0.2) is 23.9 Å². The van der Waals surface area contributed by atoms with E-state index in [1.807, 2.05) is 30.9 Å². The van der Waals surface area contributed by atoms with E-state index in [-0.39, 0.29) is 5.91 Å². The third kappa shape index (κ3) is 2.75. The van der Waals surface area contributed by atoms with Gasteiger partial charge < -0.3 is 10.6 Å². The molecule has 0 aliphatic rings. The third-order valence-corrected chi connectivity index (χ3v) is 2.69. The zero-order valence-corrected chi connectivity index (χ0v) is 10.3. The van der Waals surface area contributed by atoms with Crippen molar-refractivity contribution in [2.45, 2.75) is 27.2 Å². The number of carbonyl (C=O) groups is 1. The second kappa shape index (κ2) is 5.54. The van der Waals surface area contributed by atoms with Gasteiger partial charge in [-0.25, -0.2) is 0 Å². The summed E-state index contributed by atoms with van der Waals surface area (Å²) in [5, 5.41) is 0. The fourth-order valence-corrected chi connectivity index (χ4v) is 1.63. The van der Waals surface area contributed by atoms with Crippen LogP contribution in [0.1, 0.15) is 36.2 Å². The lowest BCUT2D eigenvalue weighted by Gasteiger charge is -2.20. The van der Waals surface area contributed by atoms with E-state index < -0.39 is 0 Å². The molecule has 0 aliphatic carbocycles. The number of benzene rings is 1. The van der Waals surface area contributed by atoms with Crippen molar-refractivity contribution in [1.29, 1.82) is 0 Å². The van der Waals surface area contributed by atoms with Gasteiger partial charge in [0.25, 0.3) is 5.91 Å². The molecule has 1 aromatic carbocycles.